The van der Waals surface area contributed by atoms with E-state index in [1.165, 1.54) is 14.9 Å². The lowest BCUT2D eigenvalue weighted by atomic mass is 10.2. The van der Waals surface area contributed by atoms with Crippen LogP contribution in [0.1, 0.15) is 0 Å². The topological polar surface area (TPSA) is 7.76 Å². The summed E-state index contributed by atoms with van der Waals surface area (Å²) in [6.07, 6.45) is 8.28. The van der Waals surface area contributed by atoms with E-state index in [2.05, 4.69) is 74.7 Å². The van der Waals surface area contributed by atoms with Crippen molar-refractivity contribution in [2.75, 3.05) is 0 Å². The van der Waals surface area contributed by atoms with Crippen molar-refractivity contribution in [2.24, 2.45) is 0 Å². The van der Waals surface area contributed by atoms with Crippen molar-refractivity contribution < 1.29 is 9.13 Å². The van der Waals surface area contributed by atoms with Gasteiger partial charge in [-0.1, -0.05) is 18.2 Å². The molecule has 0 spiro atoms. The zero-order chi connectivity index (χ0) is 13.1. The fraction of sp³-hybridized carbons (Fsp3) is 0. The Morgan fingerprint density at radius 3 is 1.84 bits per heavy atom. The Morgan fingerprint density at radius 2 is 1.21 bits per heavy atom. The van der Waals surface area contributed by atoms with Gasteiger partial charge in [-0.15, -0.1) is 0 Å². The Labute approximate surface area is 126 Å². The van der Waals surface area contributed by atoms with E-state index in [1.807, 2.05) is 36.4 Å². The van der Waals surface area contributed by atoms with Crippen LogP contribution in [-0.4, -0.2) is 0 Å². The maximum absolute atomic E-state index is 2.38. The van der Waals surface area contributed by atoms with E-state index in [0.29, 0.717) is 0 Å². The molecular weight excluding hydrogens is 347 g/mol. The number of pyridine rings is 2. The Morgan fingerprint density at radius 1 is 0.632 bits per heavy atom. The van der Waals surface area contributed by atoms with E-state index < -0.39 is 0 Å². The molecule has 2 heterocycles. The van der Waals surface area contributed by atoms with Crippen molar-refractivity contribution >= 4 is 22.6 Å². The average Bonchev–Trinajstić information content (AvgIpc) is 2.49. The number of halogens is 1. The predicted molar refractivity (Wildman–Crippen MR) is 82.2 cm³/mol. The second kappa shape index (κ2) is 5.48. The molecule has 0 bridgehead atoms. The molecule has 0 amide bonds. The normalized spacial score (nSPS) is 10.4. The summed E-state index contributed by atoms with van der Waals surface area (Å²) in [5.41, 5.74) is 2.36. The molecule has 0 radical (unpaired) electrons. The third kappa shape index (κ3) is 2.51. The fourth-order valence-electron chi connectivity index (χ4n) is 2.07. The Bertz CT molecular complexity index is 682. The van der Waals surface area contributed by atoms with Crippen molar-refractivity contribution in [3.05, 3.63) is 83.0 Å². The van der Waals surface area contributed by atoms with Gasteiger partial charge < -0.3 is 0 Å². The number of hydrogen-bond acceptors (Lipinski definition) is 0. The van der Waals surface area contributed by atoms with E-state index in [9.17, 15) is 0 Å². The van der Waals surface area contributed by atoms with Gasteiger partial charge >= 0.3 is 0 Å². The number of hydrogen-bond donors (Lipinski definition) is 0. The van der Waals surface area contributed by atoms with Gasteiger partial charge in [0.1, 0.15) is 0 Å². The molecule has 0 saturated heterocycles. The third-order valence-electron chi connectivity index (χ3n) is 2.93. The Kier molecular flexibility index (Phi) is 3.55. The summed E-state index contributed by atoms with van der Waals surface area (Å²) < 4.78 is 5.51. The van der Waals surface area contributed by atoms with Gasteiger partial charge in [-0.05, 0) is 28.7 Å². The van der Waals surface area contributed by atoms with Crippen LogP contribution in [0.2, 0.25) is 0 Å². The van der Waals surface area contributed by atoms with Crippen LogP contribution in [0.5, 0.6) is 0 Å². The zero-order valence-corrected chi connectivity index (χ0v) is 12.4. The first-order chi connectivity index (χ1) is 9.36. The molecule has 3 heteroatoms. The first kappa shape index (κ1) is 12.3. The quantitative estimate of drug-likeness (QED) is 0.491. The van der Waals surface area contributed by atoms with E-state index in [-0.39, 0.29) is 0 Å². The van der Waals surface area contributed by atoms with Crippen LogP contribution >= 0.6 is 22.6 Å². The van der Waals surface area contributed by atoms with Crippen LogP contribution in [0.15, 0.2) is 79.4 Å². The Balaban J connectivity index is 2.25. The van der Waals surface area contributed by atoms with Crippen LogP contribution in [0.4, 0.5) is 0 Å². The van der Waals surface area contributed by atoms with Crippen molar-refractivity contribution in [1.82, 2.24) is 0 Å². The van der Waals surface area contributed by atoms with Crippen LogP contribution in [0.3, 0.4) is 0 Å². The molecule has 0 unspecified atom stereocenters. The summed E-state index contributed by atoms with van der Waals surface area (Å²) in [6, 6.07) is 18.6. The first-order valence-electron chi connectivity index (χ1n) is 6.08. The molecular formula is C16H13IN2+2. The van der Waals surface area contributed by atoms with E-state index >= 15 is 0 Å². The molecule has 3 aromatic rings. The summed E-state index contributed by atoms with van der Waals surface area (Å²) in [5.74, 6) is 0. The standard InChI is InChI=1S/C16H13IN2/c17-14-8-7-9-15(18-10-3-1-4-11-18)16(14)19-12-5-2-6-13-19/h1-13H/q+2. The van der Waals surface area contributed by atoms with Crippen molar-refractivity contribution in [3.63, 3.8) is 0 Å². The maximum atomic E-state index is 2.38. The highest BCUT2D eigenvalue weighted by Gasteiger charge is 2.22. The smallest absolute Gasteiger partial charge is 0.161 e. The highest BCUT2D eigenvalue weighted by molar-refractivity contribution is 14.1. The first-order valence-corrected chi connectivity index (χ1v) is 7.16. The Hall–Kier alpha value is -1.75. The van der Waals surface area contributed by atoms with E-state index in [1.54, 1.807) is 0 Å². The third-order valence-corrected chi connectivity index (χ3v) is 3.80. The predicted octanol–water partition coefficient (Wildman–Crippen LogP) is 2.84. The summed E-state index contributed by atoms with van der Waals surface area (Å²) in [6.45, 7) is 0. The number of nitrogens with zero attached hydrogens (tertiary/aromatic N) is 2. The molecule has 1 aromatic carbocycles. The molecule has 2 nitrogen and oxygen atoms in total. The maximum Gasteiger partial charge on any atom is 0.296 e. The number of rotatable bonds is 2. The molecule has 0 atom stereocenters. The van der Waals surface area contributed by atoms with Gasteiger partial charge in [0.05, 0.1) is 3.57 Å². The van der Waals surface area contributed by atoms with Crippen LogP contribution < -0.4 is 9.13 Å². The minimum absolute atomic E-state index is 1.17. The van der Waals surface area contributed by atoms with Crippen LogP contribution in [-0.2, 0) is 0 Å². The van der Waals surface area contributed by atoms with Gasteiger partial charge in [0.2, 0.25) is 0 Å². The number of benzene rings is 1. The van der Waals surface area contributed by atoms with Gasteiger partial charge in [0, 0.05) is 30.3 Å². The minimum Gasteiger partial charge on any atom is -0.161 e. The zero-order valence-electron chi connectivity index (χ0n) is 10.3. The van der Waals surface area contributed by atoms with Crippen molar-refractivity contribution in [3.8, 4) is 11.4 Å². The number of aromatic nitrogens is 2. The minimum atomic E-state index is 1.17. The molecule has 0 fully saturated rings. The van der Waals surface area contributed by atoms with Crippen molar-refractivity contribution in [1.29, 1.82) is 0 Å². The molecule has 0 aliphatic carbocycles. The lowest BCUT2D eigenvalue weighted by molar-refractivity contribution is -0.633. The van der Waals surface area contributed by atoms with Gasteiger partial charge in [0.15, 0.2) is 24.8 Å². The van der Waals surface area contributed by atoms with Gasteiger partial charge in [-0.2, -0.15) is 9.13 Å². The monoisotopic (exact) mass is 360 g/mol. The molecule has 19 heavy (non-hydrogen) atoms. The molecule has 3 rings (SSSR count). The summed E-state index contributed by atoms with van der Waals surface area (Å²) in [5, 5.41) is 0. The molecule has 0 saturated carbocycles. The van der Waals surface area contributed by atoms with Gasteiger partial charge in [-0.25, -0.2) is 0 Å². The highest BCUT2D eigenvalue weighted by Crippen LogP contribution is 2.16. The van der Waals surface area contributed by atoms with E-state index in [4.69, 9.17) is 0 Å². The van der Waals surface area contributed by atoms with Crippen molar-refractivity contribution in [2.45, 2.75) is 0 Å². The molecule has 0 aliphatic heterocycles. The largest absolute Gasteiger partial charge is 0.296 e. The highest BCUT2D eigenvalue weighted by atomic mass is 127. The van der Waals surface area contributed by atoms with Crippen LogP contribution in [0.25, 0.3) is 11.4 Å². The summed E-state index contributed by atoms with van der Waals surface area (Å²) in [4.78, 5) is 0. The second-order valence-electron chi connectivity index (χ2n) is 4.17. The molecule has 0 N–H and O–H groups in total. The summed E-state index contributed by atoms with van der Waals surface area (Å²) >= 11 is 2.38. The van der Waals surface area contributed by atoms with Gasteiger partial charge in [-0.3, -0.25) is 0 Å². The fourth-order valence-corrected chi connectivity index (χ4v) is 2.84. The number of para-hydroxylation sites is 1. The van der Waals surface area contributed by atoms with Gasteiger partial charge in [0.25, 0.3) is 11.4 Å². The van der Waals surface area contributed by atoms with E-state index in [0.717, 1.165) is 0 Å². The molecule has 92 valence electrons. The second-order valence-corrected chi connectivity index (χ2v) is 5.34. The SMILES string of the molecule is Ic1cccc(-[n+]2ccccc2)c1-[n+]1ccccc1. The summed E-state index contributed by atoms with van der Waals surface area (Å²) in [7, 11) is 0. The lowest BCUT2D eigenvalue weighted by Crippen LogP contribution is -2.39. The average molecular weight is 360 g/mol. The van der Waals surface area contributed by atoms with Crippen LogP contribution in [0, 0.1) is 3.57 Å². The lowest BCUT2D eigenvalue weighted by Gasteiger charge is -2.01. The molecule has 0 aliphatic rings. The molecule has 2 aromatic heterocycles.